The van der Waals surface area contributed by atoms with Gasteiger partial charge in [-0.2, -0.15) is 5.10 Å². The fraction of sp³-hybridized carbons (Fsp3) is 0.476. The van der Waals surface area contributed by atoms with Gasteiger partial charge >= 0.3 is 0 Å². The second-order valence-electron chi connectivity index (χ2n) is 7.53. The number of hydrogen-bond acceptors (Lipinski definition) is 3. The maximum absolute atomic E-state index is 12.7. The lowest BCUT2D eigenvalue weighted by Crippen LogP contribution is -2.51. The van der Waals surface area contributed by atoms with Crippen molar-refractivity contribution in [3.8, 4) is 0 Å². The molecule has 1 aliphatic heterocycles. The van der Waals surface area contributed by atoms with Gasteiger partial charge in [0.25, 0.3) is 5.91 Å². The van der Waals surface area contributed by atoms with Crippen LogP contribution >= 0.6 is 0 Å². The lowest BCUT2D eigenvalue weighted by molar-refractivity contribution is -0.133. The van der Waals surface area contributed by atoms with Crippen LogP contribution in [-0.2, 0) is 11.3 Å². The molecule has 0 aliphatic carbocycles. The first kappa shape index (κ1) is 19.1. The molecule has 144 valence electrons. The fourth-order valence-corrected chi connectivity index (χ4v) is 3.42. The Balaban J connectivity index is 1.55. The molecule has 2 aromatic rings. The van der Waals surface area contributed by atoms with Gasteiger partial charge in [0.2, 0.25) is 5.91 Å². The van der Waals surface area contributed by atoms with Gasteiger partial charge in [-0.3, -0.25) is 14.3 Å². The predicted molar refractivity (Wildman–Crippen MR) is 105 cm³/mol. The van der Waals surface area contributed by atoms with E-state index in [1.54, 1.807) is 4.68 Å². The van der Waals surface area contributed by atoms with Crippen molar-refractivity contribution in [3.63, 3.8) is 0 Å². The van der Waals surface area contributed by atoms with Gasteiger partial charge in [0, 0.05) is 37.4 Å². The quantitative estimate of drug-likeness (QED) is 0.833. The van der Waals surface area contributed by atoms with E-state index in [1.165, 1.54) is 5.56 Å². The van der Waals surface area contributed by atoms with Crippen LogP contribution < -0.4 is 0 Å². The van der Waals surface area contributed by atoms with Crippen molar-refractivity contribution in [1.29, 1.82) is 0 Å². The second kappa shape index (κ2) is 7.94. The molecule has 0 N–H and O–H groups in total. The Kier molecular flexibility index (Phi) is 5.63. The highest BCUT2D eigenvalue weighted by molar-refractivity contribution is 5.94. The number of carbonyl (C=O) groups is 2. The number of carbonyl (C=O) groups excluding carboxylic acids is 2. The number of hydrogen-bond donors (Lipinski definition) is 0. The van der Waals surface area contributed by atoms with Gasteiger partial charge in [0.05, 0.1) is 5.69 Å². The molecule has 3 rings (SSSR count). The van der Waals surface area contributed by atoms with Crippen LogP contribution in [0.15, 0.2) is 30.3 Å². The normalized spacial score (nSPS) is 14.7. The Bertz CT molecular complexity index is 815. The third kappa shape index (κ3) is 4.38. The number of aryl methyl sites for hydroxylation is 2. The zero-order valence-corrected chi connectivity index (χ0v) is 16.6. The third-order valence-electron chi connectivity index (χ3n) is 5.13. The molecular weight excluding hydrogens is 340 g/mol. The van der Waals surface area contributed by atoms with Gasteiger partial charge in [-0.25, -0.2) is 0 Å². The molecule has 1 aliphatic rings. The summed E-state index contributed by atoms with van der Waals surface area (Å²) in [6.07, 6.45) is 0. The Morgan fingerprint density at radius 2 is 1.59 bits per heavy atom. The molecule has 2 heterocycles. The van der Waals surface area contributed by atoms with Crippen molar-refractivity contribution < 1.29 is 9.59 Å². The topological polar surface area (TPSA) is 58.4 Å². The Labute approximate surface area is 160 Å². The van der Waals surface area contributed by atoms with Crippen LogP contribution in [0, 0.1) is 13.8 Å². The molecule has 0 radical (unpaired) electrons. The fourth-order valence-electron chi connectivity index (χ4n) is 3.42. The average molecular weight is 368 g/mol. The van der Waals surface area contributed by atoms with Gasteiger partial charge in [-0.15, -0.1) is 0 Å². The van der Waals surface area contributed by atoms with E-state index in [0.717, 1.165) is 11.4 Å². The van der Waals surface area contributed by atoms with Crippen molar-refractivity contribution in [1.82, 2.24) is 19.6 Å². The number of rotatable bonds is 4. The summed E-state index contributed by atoms with van der Waals surface area (Å²) in [7, 11) is 0. The van der Waals surface area contributed by atoms with E-state index < -0.39 is 0 Å². The smallest absolute Gasteiger partial charge is 0.253 e. The second-order valence-corrected chi connectivity index (χ2v) is 7.53. The minimum atomic E-state index is 0.0379. The van der Waals surface area contributed by atoms with Crippen molar-refractivity contribution in [2.24, 2.45) is 0 Å². The number of benzene rings is 1. The molecule has 2 amide bonds. The minimum absolute atomic E-state index is 0.0379. The van der Waals surface area contributed by atoms with Crippen LogP contribution in [0.1, 0.15) is 47.1 Å². The number of amides is 2. The summed E-state index contributed by atoms with van der Waals surface area (Å²) in [5.41, 5.74) is 3.84. The molecule has 1 fully saturated rings. The number of nitrogens with zero attached hydrogens (tertiary/aromatic N) is 4. The summed E-state index contributed by atoms with van der Waals surface area (Å²) in [5.74, 6) is 0.538. The molecule has 27 heavy (non-hydrogen) atoms. The van der Waals surface area contributed by atoms with Crippen LogP contribution in [0.4, 0.5) is 0 Å². The molecule has 0 atom stereocenters. The largest absolute Gasteiger partial charge is 0.338 e. The summed E-state index contributed by atoms with van der Waals surface area (Å²) >= 11 is 0. The van der Waals surface area contributed by atoms with Crippen LogP contribution in [-0.4, -0.2) is 57.6 Å². The molecule has 6 nitrogen and oxygen atoms in total. The van der Waals surface area contributed by atoms with E-state index in [-0.39, 0.29) is 18.4 Å². The zero-order valence-electron chi connectivity index (χ0n) is 16.6. The van der Waals surface area contributed by atoms with Crippen LogP contribution in [0.25, 0.3) is 0 Å². The summed E-state index contributed by atoms with van der Waals surface area (Å²) < 4.78 is 1.74. The molecule has 0 bridgehead atoms. The zero-order chi connectivity index (χ0) is 19.6. The van der Waals surface area contributed by atoms with E-state index in [1.807, 2.05) is 54.0 Å². The standard InChI is InChI=1S/C21H28N4O2/c1-15(2)18-5-7-19(8-6-18)21(27)24-11-9-23(10-12-24)20(26)14-25-17(4)13-16(3)22-25/h5-8,13,15H,9-12,14H2,1-4H3. The number of aromatic nitrogens is 2. The first-order valence-electron chi connectivity index (χ1n) is 9.53. The van der Waals surface area contributed by atoms with Crippen LogP contribution in [0.3, 0.4) is 0 Å². The monoisotopic (exact) mass is 368 g/mol. The molecule has 0 unspecified atom stereocenters. The highest BCUT2D eigenvalue weighted by Crippen LogP contribution is 2.16. The van der Waals surface area contributed by atoms with Gasteiger partial charge < -0.3 is 9.80 Å². The van der Waals surface area contributed by atoms with Gasteiger partial charge in [-0.05, 0) is 43.5 Å². The Hall–Kier alpha value is -2.63. The van der Waals surface area contributed by atoms with Crippen molar-refractivity contribution >= 4 is 11.8 Å². The van der Waals surface area contributed by atoms with Gasteiger partial charge in [0.15, 0.2) is 0 Å². The molecule has 0 spiro atoms. The SMILES string of the molecule is Cc1cc(C)n(CC(=O)N2CCN(C(=O)c3ccc(C(C)C)cc3)CC2)n1. The molecule has 1 aromatic heterocycles. The van der Waals surface area contributed by atoms with E-state index >= 15 is 0 Å². The van der Waals surface area contributed by atoms with Crippen LogP contribution in [0.2, 0.25) is 0 Å². The highest BCUT2D eigenvalue weighted by Gasteiger charge is 2.25. The van der Waals surface area contributed by atoms with E-state index in [0.29, 0.717) is 37.7 Å². The predicted octanol–water partition coefficient (Wildman–Crippen LogP) is 2.61. The summed E-state index contributed by atoms with van der Waals surface area (Å²) in [6.45, 7) is 10.7. The first-order chi connectivity index (χ1) is 12.8. The lowest BCUT2D eigenvalue weighted by Gasteiger charge is -2.35. The molecule has 1 aromatic carbocycles. The first-order valence-corrected chi connectivity index (χ1v) is 9.53. The Morgan fingerprint density at radius 3 is 2.11 bits per heavy atom. The average Bonchev–Trinajstić information content (AvgIpc) is 2.98. The number of piperazine rings is 1. The molecule has 6 heteroatoms. The molecule has 0 saturated carbocycles. The van der Waals surface area contributed by atoms with Crippen molar-refractivity contribution in [3.05, 3.63) is 52.8 Å². The maximum atomic E-state index is 12.7. The van der Waals surface area contributed by atoms with Gasteiger partial charge in [0.1, 0.15) is 6.54 Å². The maximum Gasteiger partial charge on any atom is 0.253 e. The summed E-state index contributed by atoms with van der Waals surface area (Å²) in [4.78, 5) is 28.9. The molecule has 1 saturated heterocycles. The van der Waals surface area contributed by atoms with Crippen molar-refractivity contribution in [2.45, 2.75) is 40.2 Å². The highest BCUT2D eigenvalue weighted by atomic mass is 16.2. The van der Waals surface area contributed by atoms with E-state index in [2.05, 4.69) is 18.9 Å². The van der Waals surface area contributed by atoms with E-state index in [9.17, 15) is 9.59 Å². The summed E-state index contributed by atoms with van der Waals surface area (Å²) in [6, 6.07) is 9.81. The van der Waals surface area contributed by atoms with Gasteiger partial charge in [-0.1, -0.05) is 26.0 Å². The Morgan fingerprint density at radius 1 is 1.00 bits per heavy atom. The van der Waals surface area contributed by atoms with Crippen LogP contribution in [0.5, 0.6) is 0 Å². The molecular formula is C21H28N4O2. The van der Waals surface area contributed by atoms with Crippen molar-refractivity contribution in [2.75, 3.05) is 26.2 Å². The minimum Gasteiger partial charge on any atom is -0.338 e. The lowest BCUT2D eigenvalue weighted by atomic mass is 10.0. The third-order valence-corrected chi connectivity index (χ3v) is 5.13. The summed E-state index contributed by atoms with van der Waals surface area (Å²) in [5, 5.41) is 4.35. The van der Waals surface area contributed by atoms with E-state index in [4.69, 9.17) is 0 Å².